The van der Waals surface area contributed by atoms with Crippen LogP contribution in [0.1, 0.15) is 24.5 Å². The van der Waals surface area contributed by atoms with Crippen molar-refractivity contribution in [3.63, 3.8) is 0 Å². The molecule has 0 spiro atoms. The molecule has 1 aliphatic rings. The number of carbonyl (C=O) groups is 1. The zero-order chi connectivity index (χ0) is 23.8. The predicted octanol–water partition coefficient (Wildman–Crippen LogP) is 4.86. The van der Waals surface area contributed by atoms with Crippen molar-refractivity contribution in [1.29, 1.82) is 0 Å². The van der Waals surface area contributed by atoms with Gasteiger partial charge in [0.1, 0.15) is 0 Å². The average molecular weight is 539 g/mol. The van der Waals surface area contributed by atoms with Gasteiger partial charge in [-0.3, -0.25) is 0 Å². The van der Waals surface area contributed by atoms with Gasteiger partial charge in [0.25, 0.3) is 0 Å². The van der Waals surface area contributed by atoms with E-state index in [4.69, 9.17) is 18.6 Å². The standard InChI is InChI=1S/C13H9.C12H11Si.C3H7NO.2ClH.Ti/c1-3-7-12-10(5-1)9-11-6-2-4-8-13(11)12;1-3-7-11(8-4-1)13-12-9-5-2-6-10-12;1-2-3(4)5;;;/h1-5,7-8H,9H2;1-10,13H;2H2,1H3,(H2,4,5);2*1H;/q;;;;;+3/p-3. The maximum atomic E-state index is 13.1. The Morgan fingerprint density at radius 3 is 1.97 bits per heavy atom. The summed E-state index contributed by atoms with van der Waals surface area (Å²) in [7, 11) is 15.9. The molecule has 0 aromatic heterocycles. The normalized spacial score (nSPS) is 13.6. The number of hydrogen-bond donors (Lipinski definition) is 1. The van der Waals surface area contributed by atoms with Crippen LogP contribution < -0.4 is 18.0 Å². The molecule has 0 heterocycles. The van der Waals surface area contributed by atoms with Gasteiger partial charge < -0.3 is 0 Å². The van der Waals surface area contributed by atoms with Crippen LogP contribution in [-0.2, 0) is 23.9 Å². The van der Waals surface area contributed by atoms with Gasteiger partial charge >= 0.3 is 212 Å². The summed E-state index contributed by atoms with van der Waals surface area (Å²) >= 11 is -4.99. The Morgan fingerprint density at radius 1 is 0.794 bits per heavy atom. The van der Waals surface area contributed by atoms with Gasteiger partial charge in [-0.2, -0.15) is 0 Å². The number of carbonyl (C=O) groups excluding carboxylic acids is 1. The van der Waals surface area contributed by atoms with Crippen LogP contribution in [0.3, 0.4) is 0 Å². The summed E-state index contributed by atoms with van der Waals surface area (Å²) in [5.74, 6) is -0.0977. The molecule has 4 aromatic carbocycles. The van der Waals surface area contributed by atoms with Crippen molar-refractivity contribution in [2.45, 2.75) is 19.8 Å². The SMILES string of the molecule is CCC(=O)[NH][Ti]([Cl])([Cl])([c]1cccc2c1Cc1ccccc1-2)[SiH](c1ccccc1)c1ccccc1. The molecule has 0 unspecified atom stereocenters. The second-order valence-electron chi connectivity index (χ2n) is 8.90. The predicted molar refractivity (Wildman–Crippen MR) is 144 cm³/mol. The van der Waals surface area contributed by atoms with E-state index in [1.54, 1.807) is 0 Å². The first-order valence-electron chi connectivity index (χ1n) is 11.6. The fraction of sp³-hybridized carbons (Fsp3) is 0.107. The summed E-state index contributed by atoms with van der Waals surface area (Å²) in [5, 5.41) is 2.28. The zero-order valence-electron chi connectivity index (χ0n) is 19.0. The summed E-state index contributed by atoms with van der Waals surface area (Å²) in [5.41, 5.74) is 4.82. The van der Waals surface area contributed by atoms with E-state index in [-0.39, 0.29) is 5.91 Å². The van der Waals surface area contributed by atoms with Crippen LogP contribution in [0.25, 0.3) is 11.1 Å². The molecule has 1 N–H and O–H groups in total. The van der Waals surface area contributed by atoms with Crippen LogP contribution in [0, 0.1) is 0 Å². The first-order valence-corrected chi connectivity index (χ1v) is 21.9. The van der Waals surface area contributed by atoms with Crippen LogP contribution in [0.5, 0.6) is 0 Å². The third-order valence-corrected chi connectivity index (χ3v) is 31.0. The van der Waals surface area contributed by atoms with E-state index >= 15 is 0 Å². The van der Waals surface area contributed by atoms with Crippen LogP contribution in [0.15, 0.2) is 103 Å². The molecule has 0 aliphatic heterocycles. The summed E-state index contributed by atoms with van der Waals surface area (Å²) in [6.07, 6.45) is 1.10. The molecular formula is C28H26Cl2NOSiTi. The van der Waals surface area contributed by atoms with E-state index < -0.39 is 19.4 Å². The van der Waals surface area contributed by atoms with Crippen LogP contribution in [0.2, 0.25) is 0 Å². The van der Waals surface area contributed by atoms with E-state index in [1.165, 1.54) is 16.7 Å². The van der Waals surface area contributed by atoms with E-state index in [0.29, 0.717) is 6.42 Å². The Kier molecular flexibility index (Phi) is 6.35. The van der Waals surface area contributed by atoms with Gasteiger partial charge in [0.2, 0.25) is 0 Å². The molecule has 0 atom stereocenters. The molecule has 4 aromatic rings. The van der Waals surface area contributed by atoms with E-state index in [2.05, 4.69) is 64.5 Å². The fourth-order valence-electron chi connectivity index (χ4n) is 5.29. The second-order valence-corrected chi connectivity index (χ2v) is 33.5. The van der Waals surface area contributed by atoms with Crippen molar-refractivity contribution in [1.82, 2.24) is 3.80 Å². The Balaban J connectivity index is 1.82. The van der Waals surface area contributed by atoms with Crippen LogP contribution >= 0.6 is 18.6 Å². The number of rotatable bonds is 6. The van der Waals surface area contributed by atoms with E-state index in [0.717, 1.165) is 26.2 Å². The molecule has 0 radical (unpaired) electrons. The van der Waals surface area contributed by atoms with Crippen molar-refractivity contribution in [3.8, 4) is 11.1 Å². The summed E-state index contributed by atoms with van der Waals surface area (Å²) < 4.78 is 4.29. The number of hydrogen-bond acceptors (Lipinski definition) is 1. The number of fused-ring (bicyclic) bond motifs is 3. The molecule has 0 saturated heterocycles. The molecule has 6 heteroatoms. The summed E-state index contributed by atoms with van der Waals surface area (Å²) in [4.78, 5) is 13.1. The van der Waals surface area contributed by atoms with E-state index in [1.807, 2.05) is 49.4 Å². The number of nitrogens with one attached hydrogen (secondary N) is 1. The Bertz CT molecular complexity index is 1320. The molecule has 171 valence electrons. The Labute approximate surface area is 210 Å². The maximum absolute atomic E-state index is 13.1. The minimum absolute atomic E-state index is 0.0977. The number of halogens is 2. The van der Waals surface area contributed by atoms with Gasteiger partial charge in [0.15, 0.2) is 0 Å². The molecule has 0 saturated carbocycles. The van der Waals surface area contributed by atoms with Crippen LogP contribution in [-0.4, -0.2) is 12.6 Å². The van der Waals surface area contributed by atoms with Gasteiger partial charge in [-0.1, -0.05) is 0 Å². The molecule has 0 bridgehead atoms. The average Bonchev–Trinajstić information content (AvgIpc) is 3.24. The minimum atomic E-state index is -4.99. The molecule has 1 amide bonds. The van der Waals surface area contributed by atoms with Crippen molar-refractivity contribution in [2.75, 3.05) is 0 Å². The third-order valence-electron chi connectivity index (χ3n) is 6.81. The fourth-order valence-corrected chi connectivity index (χ4v) is 31.4. The molecule has 1 aliphatic carbocycles. The third kappa shape index (κ3) is 4.00. The zero-order valence-corrected chi connectivity index (χ0v) is 23.2. The first kappa shape index (κ1) is 23.6. The van der Waals surface area contributed by atoms with Crippen molar-refractivity contribution in [3.05, 3.63) is 114 Å². The van der Waals surface area contributed by atoms with Gasteiger partial charge in [0, 0.05) is 0 Å². The van der Waals surface area contributed by atoms with Crippen LogP contribution in [0.4, 0.5) is 0 Å². The molecule has 0 fully saturated rings. The van der Waals surface area contributed by atoms with Crippen molar-refractivity contribution < 1.29 is 17.5 Å². The van der Waals surface area contributed by atoms with Gasteiger partial charge in [0.05, 0.1) is 0 Å². The first-order chi connectivity index (χ1) is 16.4. The molecular weight excluding hydrogens is 513 g/mol. The van der Waals surface area contributed by atoms with Crippen molar-refractivity contribution in [2.24, 2.45) is 0 Å². The molecule has 34 heavy (non-hydrogen) atoms. The van der Waals surface area contributed by atoms with Gasteiger partial charge in [-0.05, 0) is 0 Å². The monoisotopic (exact) mass is 538 g/mol. The molecule has 5 rings (SSSR count). The summed E-state index contributed by atoms with van der Waals surface area (Å²) in [6, 6.07) is 35.3. The number of benzene rings is 4. The quantitative estimate of drug-likeness (QED) is 0.307. The Hall–Kier alpha value is -2.14. The Morgan fingerprint density at radius 2 is 1.35 bits per heavy atom. The second kappa shape index (κ2) is 9.14. The topological polar surface area (TPSA) is 29.1 Å². The van der Waals surface area contributed by atoms with Crippen molar-refractivity contribution >= 4 is 45.4 Å². The van der Waals surface area contributed by atoms with Gasteiger partial charge in [-0.15, -0.1) is 0 Å². The van der Waals surface area contributed by atoms with Gasteiger partial charge in [-0.25, -0.2) is 0 Å². The molecule has 2 nitrogen and oxygen atoms in total. The summed E-state index contributed by atoms with van der Waals surface area (Å²) in [6.45, 7) is -0.484. The number of amides is 1. The van der Waals surface area contributed by atoms with E-state index in [9.17, 15) is 4.79 Å².